The molecule has 3 aliphatic rings. The Morgan fingerprint density at radius 2 is 1.39 bits per heavy atom. The second kappa shape index (κ2) is 6.83. The molecule has 3 heterocycles. The summed E-state index contributed by atoms with van der Waals surface area (Å²) < 4.78 is 0. The van der Waals surface area contributed by atoms with Crippen LogP contribution in [0.3, 0.4) is 0 Å². The number of hydrogen-bond acceptors (Lipinski definition) is 2. The molecule has 2 aromatic carbocycles. The average molecular weight is 394 g/mol. The van der Waals surface area contributed by atoms with Crippen LogP contribution in [0, 0.1) is 5.92 Å². The molecule has 0 aliphatic carbocycles. The quantitative estimate of drug-likeness (QED) is 0.743. The number of fused-ring (bicyclic) bond motifs is 3. The van der Waals surface area contributed by atoms with Gasteiger partial charge in [0.1, 0.15) is 5.60 Å². The molecule has 3 fully saturated rings. The Morgan fingerprint density at radius 1 is 0.893 bits per heavy atom. The molecule has 2 bridgehead atoms. The zero-order valence-electron chi connectivity index (χ0n) is 18.1. The number of nitrogens with zero attached hydrogens (tertiary/aromatic N) is 1. The average Bonchev–Trinajstić information content (AvgIpc) is 2.68. The Bertz CT molecular complexity index is 826. The molecule has 2 aromatic rings. The van der Waals surface area contributed by atoms with Crippen LogP contribution in [0.2, 0.25) is 18.1 Å². The highest BCUT2D eigenvalue weighted by atomic mass is 28.3. The Hall–Kier alpha value is -1.42. The van der Waals surface area contributed by atoms with Gasteiger partial charge in [-0.25, -0.2) is 0 Å². The first-order chi connectivity index (χ1) is 13.1. The van der Waals surface area contributed by atoms with Crippen molar-refractivity contribution < 1.29 is 5.11 Å². The fourth-order valence-corrected chi connectivity index (χ4v) is 6.70. The van der Waals surface area contributed by atoms with Crippen molar-refractivity contribution in [1.29, 1.82) is 0 Å². The normalized spacial score (nSPS) is 27.8. The van der Waals surface area contributed by atoms with Crippen molar-refractivity contribution in [3.63, 3.8) is 0 Å². The predicted molar refractivity (Wildman–Crippen MR) is 122 cm³/mol. The summed E-state index contributed by atoms with van der Waals surface area (Å²) in [7, 11) is -1.49. The van der Waals surface area contributed by atoms with Crippen LogP contribution in [-0.2, 0) is 5.60 Å². The summed E-state index contributed by atoms with van der Waals surface area (Å²) in [6.45, 7) is 15.1. The number of hydrogen-bond donors (Lipinski definition) is 1. The molecular formula is C25H35NOSi. The van der Waals surface area contributed by atoms with Gasteiger partial charge >= 0.3 is 0 Å². The lowest BCUT2D eigenvalue weighted by atomic mass is 9.71. The lowest BCUT2D eigenvalue weighted by Gasteiger charge is -2.50. The summed E-state index contributed by atoms with van der Waals surface area (Å²) in [4.78, 5) is 2.41. The third-order valence-electron chi connectivity index (χ3n) is 7.93. The van der Waals surface area contributed by atoms with Crippen LogP contribution in [-0.4, -0.2) is 37.7 Å². The van der Waals surface area contributed by atoms with Crippen LogP contribution >= 0.6 is 0 Å². The van der Waals surface area contributed by atoms with Gasteiger partial charge in [-0.05, 0) is 53.6 Å². The van der Waals surface area contributed by atoms with Gasteiger partial charge < -0.3 is 10.0 Å². The molecule has 1 N–H and O–H groups in total. The molecule has 1 atom stereocenters. The molecule has 150 valence electrons. The summed E-state index contributed by atoms with van der Waals surface area (Å²) in [5.74, 6) is 0.409. The number of piperidine rings is 3. The van der Waals surface area contributed by atoms with Crippen molar-refractivity contribution in [3.05, 3.63) is 54.1 Å². The molecule has 0 aromatic heterocycles. The maximum Gasteiger partial charge on any atom is 0.105 e. The topological polar surface area (TPSA) is 23.5 Å². The molecule has 2 nitrogen and oxygen atoms in total. The monoisotopic (exact) mass is 393 g/mol. The molecule has 0 radical (unpaired) electrons. The predicted octanol–water partition coefficient (Wildman–Crippen LogP) is 4.98. The summed E-state index contributed by atoms with van der Waals surface area (Å²) in [6, 6.07) is 17.9. The van der Waals surface area contributed by atoms with Crippen LogP contribution in [0.4, 0.5) is 0 Å². The molecule has 3 saturated heterocycles. The second-order valence-electron chi connectivity index (χ2n) is 10.5. The molecular weight excluding hydrogens is 358 g/mol. The maximum atomic E-state index is 11.4. The van der Waals surface area contributed by atoms with E-state index in [2.05, 4.69) is 87.3 Å². The summed E-state index contributed by atoms with van der Waals surface area (Å²) >= 11 is 0. The third kappa shape index (κ3) is 3.28. The minimum Gasteiger partial charge on any atom is -0.384 e. The summed E-state index contributed by atoms with van der Waals surface area (Å²) in [5, 5.41) is 13.2. The Balaban J connectivity index is 1.56. The first-order valence-corrected chi connectivity index (χ1v) is 13.8. The van der Waals surface area contributed by atoms with Crippen molar-refractivity contribution in [2.24, 2.45) is 5.92 Å². The van der Waals surface area contributed by atoms with Crippen LogP contribution in [0.25, 0.3) is 11.1 Å². The maximum absolute atomic E-state index is 11.4. The minimum atomic E-state index is -1.49. The van der Waals surface area contributed by atoms with Crippen LogP contribution in [0.5, 0.6) is 0 Å². The zero-order valence-corrected chi connectivity index (χ0v) is 19.1. The van der Waals surface area contributed by atoms with Gasteiger partial charge in [-0.3, -0.25) is 0 Å². The van der Waals surface area contributed by atoms with E-state index in [0.717, 1.165) is 38.0 Å². The van der Waals surface area contributed by atoms with Crippen molar-refractivity contribution in [3.8, 4) is 11.1 Å². The highest BCUT2D eigenvalue weighted by Gasteiger charge is 2.46. The number of rotatable bonds is 3. The van der Waals surface area contributed by atoms with Gasteiger partial charge in [0, 0.05) is 6.54 Å². The first kappa shape index (κ1) is 19.9. The van der Waals surface area contributed by atoms with E-state index in [1.165, 1.54) is 16.3 Å². The van der Waals surface area contributed by atoms with E-state index in [4.69, 9.17) is 0 Å². The fourth-order valence-electron chi connectivity index (χ4n) is 4.83. The van der Waals surface area contributed by atoms with Gasteiger partial charge in [0.25, 0.3) is 0 Å². The molecule has 28 heavy (non-hydrogen) atoms. The van der Waals surface area contributed by atoms with Crippen LogP contribution in [0.1, 0.15) is 39.2 Å². The molecule has 0 amide bonds. The highest BCUT2D eigenvalue weighted by Crippen LogP contribution is 2.42. The Kier molecular flexibility index (Phi) is 4.84. The van der Waals surface area contributed by atoms with Gasteiger partial charge in [-0.1, -0.05) is 87.6 Å². The Labute approximate surface area is 171 Å². The summed E-state index contributed by atoms with van der Waals surface area (Å²) in [5.41, 5.74) is 2.91. The van der Waals surface area contributed by atoms with Gasteiger partial charge in [-0.15, -0.1) is 0 Å². The van der Waals surface area contributed by atoms with E-state index in [-0.39, 0.29) is 0 Å². The van der Waals surface area contributed by atoms with E-state index in [9.17, 15) is 5.11 Å². The number of benzene rings is 2. The lowest BCUT2D eigenvalue weighted by molar-refractivity contribution is -0.117. The first-order valence-electron chi connectivity index (χ1n) is 10.8. The molecule has 1 unspecified atom stereocenters. The smallest absolute Gasteiger partial charge is 0.105 e. The third-order valence-corrected chi connectivity index (χ3v) is 13.5. The van der Waals surface area contributed by atoms with E-state index >= 15 is 0 Å². The molecule has 3 aliphatic heterocycles. The van der Waals surface area contributed by atoms with Gasteiger partial charge in [0.05, 0.1) is 8.07 Å². The summed E-state index contributed by atoms with van der Waals surface area (Å²) in [6.07, 6.45) is 2.24. The second-order valence-corrected chi connectivity index (χ2v) is 15.8. The van der Waals surface area contributed by atoms with E-state index < -0.39 is 13.7 Å². The van der Waals surface area contributed by atoms with Crippen LogP contribution < -0.4 is 5.19 Å². The molecule has 3 heteroatoms. The van der Waals surface area contributed by atoms with Crippen molar-refractivity contribution in [2.45, 2.75) is 57.3 Å². The largest absolute Gasteiger partial charge is 0.384 e. The SMILES string of the molecule is CC(C)(C)[Si](C)(C)c1ccc(-c2ccc(C3(O)CN4CCC3CC4)cc2)cc1. The van der Waals surface area contributed by atoms with Gasteiger partial charge in [0.2, 0.25) is 0 Å². The molecule has 0 spiro atoms. The van der Waals surface area contributed by atoms with Gasteiger partial charge in [0.15, 0.2) is 0 Å². The van der Waals surface area contributed by atoms with E-state index in [1.807, 2.05) is 0 Å². The lowest BCUT2D eigenvalue weighted by Crippen LogP contribution is -2.57. The zero-order chi connectivity index (χ0) is 20.2. The molecule has 5 rings (SSSR count). The molecule has 0 saturated carbocycles. The van der Waals surface area contributed by atoms with E-state index in [1.54, 1.807) is 0 Å². The standard InChI is InChI=1S/C25H35NOSi/c1-24(2,3)28(4,5)23-12-8-20(9-13-23)19-6-10-21(11-7-19)25(27)18-26-16-14-22(25)15-17-26/h6-13,22,27H,14-18H2,1-5H3. The minimum absolute atomic E-state index is 0.348. The highest BCUT2D eigenvalue weighted by molar-refractivity contribution is 6.92. The van der Waals surface area contributed by atoms with Crippen LogP contribution in [0.15, 0.2) is 48.5 Å². The fraction of sp³-hybridized carbons (Fsp3) is 0.520. The van der Waals surface area contributed by atoms with Crippen molar-refractivity contribution in [1.82, 2.24) is 4.90 Å². The van der Waals surface area contributed by atoms with Crippen molar-refractivity contribution in [2.75, 3.05) is 19.6 Å². The Morgan fingerprint density at radius 3 is 1.82 bits per heavy atom. The van der Waals surface area contributed by atoms with E-state index in [0.29, 0.717) is 11.0 Å². The number of aliphatic hydroxyl groups is 1. The van der Waals surface area contributed by atoms with Gasteiger partial charge in [-0.2, -0.15) is 0 Å². The van der Waals surface area contributed by atoms with Crippen molar-refractivity contribution >= 4 is 13.3 Å².